The predicted molar refractivity (Wildman–Crippen MR) is 139 cm³/mol. The Bertz CT molecular complexity index is 344. The van der Waals surface area contributed by atoms with E-state index in [4.69, 9.17) is 0 Å². The molecule has 31 heavy (non-hydrogen) atoms. The first-order valence-corrected chi connectivity index (χ1v) is 13.8. The Labute approximate surface area is 209 Å². The molecule has 0 aromatic carbocycles. The monoisotopic (exact) mass is 480 g/mol. The zero-order chi connectivity index (χ0) is 21.0. The van der Waals surface area contributed by atoms with Crippen LogP contribution in [0.4, 0.5) is 0 Å². The van der Waals surface area contributed by atoms with Crippen molar-refractivity contribution in [1.82, 2.24) is 4.90 Å². The molecule has 0 aromatic rings. The molecule has 1 aliphatic rings. The van der Waals surface area contributed by atoms with Crippen LogP contribution in [0.15, 0.2) is 0 Å². The first-order valence-electron chi connectivity index (χ1n) is 13.8. The molecule has 1 aliphatic heterocycles. The van der Waals surface area contributed by atoms with Gasteiger partial charge in [0.05, 0.1) is 26.7 Å². The first kappa shape index (κ1) is 33.7. The molecule has 0 bridgehead atoms. The lowest BCUT2D eigenvalue weighted by Crippen LogP contribution is -3.00. The minimum Gasteiger partial charge on any atom is -1.00 e. The summed E-state index contributed by atoms with van der Waals surface area (Å²) in [5.74, 6) is 0. The van der Waals surface area contributed by atoms with Crippen molar-refractivity contribution >= 4 is 12.4 Å². The molecule has 1 rings (SSSR count). The van der Waals surface area contributed by atoms with Crippen molar-refractivity contribution in [2.75, 3.05) is 46.3 Å². The van der Waals surface area contributed by atoms with Gasteiger partial charge in [0.25, 0.3) is 0 Å². The van der Waals surface area contributed by atoms with Gasteiger partial charge in [0.1, 0.15) is 0 Å². The third-order valence-electron chi connectivity index (χ3n) is 7.29. The summed E-state index contributed by atoms with van der Waals surface area (Å²) in [4.78, 5) is 2.75. The molecule has 0 radical (unpaired) electrons. The molecule has 2 nitrogen and oxygen atoms in total. The van der Waals surface area contributed by atoms with Gasteiger partial charge in [-0.1, -0.05) is 110 Å². The number of likely N-dealkylation sites (N-methyl/N-ethyl adjacent to an activating group) is 1. The average molecular weight is 482 g/mol. The van der Waals surface area contributed by atoms with Crippen LogP contribution in [0.25, 0.3) is 0 Å². The zero-order valence-corrected chi connectivity index (χ0v) is 23.2. The molecule has 4 heteroatoms. The summed E-state index contributed by atoms with van der Waals surface area (Å²) < 4.78 is 1.34. The second-order valence-electron chi connectivity index (χ2n) is 10.3. The molecule has 0 spiro atoms. The van der Waals surface area contributed by atoms with Gasteiger partial charge in [-0.15, -0.1) is 12.4 Å². The summed E-state index contributed by atoms with van der Waals surface area (Å²) in [6, 6.07) is 0. The smallest absolute Gasteiger partial charge is 0.0914 e. The molecule has 0 aliphatic carbocycles. The lowest BCUT2D eigenvalue weighted by atomic mass is 10.1. The van der Waals surface area contributed by atoms with Gasteiger partial charge in [-0.05, 0) is 25.8 Å². The molecular weight excluding hydrogens is 423 g/mol. The maximum atomic E-state index is 2.75. The largest absolute Gasteiger partial charge is 1.00 e. The number of hydrogen-bond acceptors (Lipinski definition) is 1. The van der Waals surface area contributed by atoms with Gasteiger partial charge in [0.2, 0.25) is 0 Å². The van der Waals surface area contributed by atoms with Crippen LogP contribution >= 0.6 is 12.4 Å². The number of nitrogens with zero attached hydrogens (tertiary/aromatic N) is 2. The van der Waals surface area contributed by atoms with Gasteiger partial charge < -0.3 is 16.9 Å². The Morgan fingerprint density at radius 3 is 1.32 bits per heavy atom. The van der Waals surface area contributed by atoms with Gasteiger partial charge in [-0.25, -0.2) is 0 Å². The maximum absolute atomic E-state index is 2.75. The molecule has 0 N–H and O–H groups in total. The highest BCUT2D eigenvalue weighted by Crippen LogP contribution is 2.16. The van der Waals surface area contributed by atoms with Crippen LogP contribution in [-0.4, -0.2) is 55.7 Å². The van der Waals surface area contributed by atoms with Crippen LogP contribution in [0.2, 0.25) is 0 Å². The van der Waals surface area contributed by atoms with Crippen LogP contribution in [0.1, 0.15) is 129 Å². The lowest BCUT2D eigenvalue weighted by molar-refractivity contribution is -0.913. The number of quaternary nitrogens is 1. The second kappa shape index (κ2) is 23.7. The normalized spacial score (nSPS) is 16.0. The van der Waals surface area contributed by atoms with Crippen molar-refractivity contribution in [3.05, 3.63) is 0 Å². The fourth-order valence-corrected chi connectivity index (χ4v) is 4.89. The van der Waals surface area contributed by atoms with E-state index in [0.717, 1.165) is 0 Å². The molecular formula is C27H58Cl2N2. The van der Waals surface area contributed by atoms with Crippen molar-refractivity contribution in [2.45, 2.75) is 129 Å². The number of hydrogen-bond donors (Lipinski definition) is 0. The summed E-state index contributed by atoms with van der Waals surface area (Å²) in [6.07, 6.45) is 26.1. The molecule has 1 heterocycles. The Morgan fingerprint density at radius 1 is 0.548 bits per heavy atom. The molecule has 0 aromatic heterocycles. The van der Waals surface area contributed by atoms with E-state index in [-0.39, 0.29) is 24.8 Å². The summed E-state index contributed by atoms with van der Waals surface area (Å²) in [5, 5.41) is 0. The molecule has 190 valence electrons. The van der Waals surface area contributed by atoms with Crippen molar-refractivity contribution in [2.24, 2.45) is 0 Å². The zero-order valence-electron chi connectivity index (χ0n) is 21.7. The minimum absolute atomic E-state index is 0. The Balaban J connectivity index is 0. The van der Waals surface area contributed by atoms with Crippen molar-refractivity contribution in [1.29, 1.82) is 0 Å². The van der Waals surface area contributed by atoms with Crippen LogP contribution in [0.5, 0.6) is 0 Å². The van der Waals surface area contributed by atoms with Crippen LogP contribution in [-0.2, 0) is 0 Å². The Hall–Kier alpha value is 0.500. The lowest BCUT2D eigenvalue weighted by Gasteiger charge is -2.42. The van der Waals surface area contributed by atoms with Gasteiger partial charge in [-0.2, -0.15) is 0 Å². The van der Waals surface area contributed by atoms with E-state index < -0.39 is 0 Å². The predicted octanol–water partition coefficient (Wildman–Crippen LogP) is 5.24. The van der Waals surface area contributed by atoms with Gasteiger partial charge in [0, 0.05) is 13.1 Å². The van der Waals surface area contributed by atoms with Crippen molar-refractivity contribution < 1.29 is 16.9 Å². The summed E-state index contributed by atoms with van der Waals surface area (Å²) in [6.45, 7) is 12.8. The molecule has 0 saturated carbocycles. The molecule has 1 fully saturated rings. The molecule has 1 saturated heterocycles. The summed E-state index contributed by atoms with van der Waals surface area (Å²) in [5.41, 5.74) is 0. The minimum atomic E-state index is 0. The maximum Gasteiger partial charge on any atom is 0.0914 e. The molecule has 0 atom stereocenters. The third-order valence-corrected chi connectivity index (χ3v) is 7.29. The van der Waals surface area contributed by atoms with E-state index in [2.05, 4.69) is 25.8 Å². The average Bonchev–Trinajstić information content (AvgIpc) is 2.73. The fraction of sp³-hybridized carbons (Fsp3) is 1.00. The standard InChI is InChI=1S/C27H57N2.2ClH/c1-4-6-8-10-12-14-16-18-20-22-28-23-26-29(3,27-24-28)25-21-19-17-15-13-11-9-7-5-2;;/h4-27H2,1-3H3;2*1H/q+1;;/p-1. The summed E-state index contributed by atoms with van der Waals surface area (Å²) >= 11 is 0. The van der Waals surface area contributed by atoms with E-state index in [1.165, 1.54) is 159 Å². The fourth-order valence-electron chi connectivity index (χ4n) is 4.89. The van der Waals surface area contributed by atoms with Crippen LogP contribution in [0.3, 0.4) is 0 Å². The van der Waals surface area contributed by atoms with E-state index in [1.807, 2.05) is 0 Å². The number of piperazine rings is 1. The van der Waals surface area contributed by atoms with Crippen LogP contribution < -0.4 is 12.4 Å². The highest BCUT2D eigenvalue weighted by Gasteiger charge is 2.27. The second-order valence-corrected chi connectivity index (χ2v) is 10.3. The van der Waals surface area contributed by atoms with E-state index in [9.17, 15) is 0 Å². The highest BCUT2D eigenvalue weighted by molar-refractivity contribution is 5.85. The Morgan fingerprint density at radius 2 is 0.903 bits per heavy atom. The third kappa shape index (κ3) is 19.7. The quantitative estimate of drug-likeness (QED) is 0.170. The molecule has 0 amide bonds. The van der Waals surface area contributed by atoms with Gasteiger partial charge in [0.15, 0.2) is 0 Å². The Kier molecular flexibility index (Phi) is 25.7. The van der Waals surface area contributed by atoms with Crippen LogP contribution in [0, 0.1) is 0 Å². The SMILES string of the molecule is CCCCCCCCCCCN1CC[N+](C)(CCCCCCCCCCC)CC1.Cl.[Cl-]. The van der Waals surface area contributed by atoms with Gasteiger partial charge >= 0.3 is 0 Å². The number of unbranched alkanes of at least 4 members (excludes halogenated alkanes) is 16. The molecule has 0 unspecified atom stereocenters. The topological polar surface area (TPSA) is 3.24 Å². The first-order chi connectivity index (χ1) is 14.2. The number of halogens is 2. The van der Waals surface area contributed by atoms with E-state index in [1.54, 1.807) is 0 Å². The van der Waals surface area contributed by atoms with E-state index >= 15 is 0 Å². The number of rotatable bonds is 20. The van der Waals surface area contributed by atoms with Crippen molar-refractivity contribution in [3.8, 4) is 0 Å². The van der Waals surface area contributed by atoms with E-state index in [0.29, 0.717) is 0 Å². The highest BCUT2D eigenvalue weighted by atomic mass is 35.5. The summed E-state index contributed by atoms with van der Waals surface area (Å²) in [7, 11) is 2.51. The van der Waals surface area contributed by atoms with Gasteiger partial charge in [-0.3, -0.25) is 4.90 Å². The van der Waals surface area contributed by atoms with Crippen molar-refractivity contribution in [3.63, 3.8) is 0 Å².